The summed E-state index contributed by atoms with van der Waals surface area (Å²) < 4.78 is 10.3. The highest BCUT2D eigenvalue weighted by Gasteiger charge is 2.29. The number of amides is 1. The molecule has 112 valence electrons. The maximum atomic E-state index is 12.0. The number of esters is 1. The highest BCUT2D eigenvalue weighted by Crippen LogP contribution is 2.12. The van der Waals surface area contributed by atoms with Gasteiger partial charge in [0.1, 0.15) is 11.6 Å². The van der Waals surface area contributed by atoms with E-state index < -0.39 is 23.7 Å². The first-order valence-corrected chi connectivity index (χ1v) is 6.69. The molecule has 0 spiro atoms. The Balaban J connectivity index is 4.49. The summed E-state index contributed by atoms with van der Waals surface area (Å²) >= 11 is 0. The van der Waals surface area contributed by atoms with Crippen molar-refractivity contribution < 1.29 is 19.1 Å². The van der Waals surface area contributed by atoms with Crippen molar-refractivity contribution in [3.63, 3.8) is 0 Å². The predicted octanol–water partition coefficient (Wildman–Crippen LogP) is 2.73. The van der Waals surface area contributed by atoms with E-state index in [-0.39, 0.29) is 11.8 Å². The van der Waals surface area contributed by atoms with Crippen LogP contribution in [-0.2, 0) is 14.3 Å². The third-order valence-electron chi connectivity index (χ3n) is 2.15. The summed E-state index contributed by atoms with van der Waals surface area (Å²) in [7, 11) is 0. The van der Waals surface area contributed by atoms with Crippen LogP contribution in [0, 0.1) is 11.8 Å². The zero-order valence-corrected chi connectivity index (χ0v) is 13.1. The molecule has 0 aliphatic heterocycles. The van der Waals surface area contributed by atoms with Crippen LogP contribution in [0.15, 0.2) is 0 Å². The summed E-state index contributed by atoms with van der Waals surface area (Å²) in [6.45, 7) is 13.3. The Bertz CT molecular complexity index is 305. The van der Waals surface area contributed by atoms with E-state index in [9.17, 15) is 9.59 Å². The molecule has 0 aromatic carbocycles. The molecule has 19 heavy (non-hydrogen) atoms. The van der Waals surface area contributed by atoms with Gasteiger partial charge in [-0.1, -0.05) is 27.7 Å². The first-order chi connectivity index (χ1) is 8.53. The highest BCUT2D eigenvalue weighted by atomic mass is 16.6. The molecule has 0 bridgehead atoms. The van der Waals surface area contributed by atoms with Crippen molar-refractivity contribution in [3.05, 3.63) is 0 Å². The second kappa shape index (κ2) is 7.36. The number of carbonyl (C=O) groups is 2. The molecule has 0 aromatic rings. The fraction of sp³-hybridized carbons (Fsp3) is 0.857. The quantitative estimate of drug-likeness (QED) is 0.782. The van der Waals surface area contributed by atoms with Crippen LogP contribution < -0.4 is 5.32 Å². The Labute approximate surface area is 116 Å². The smallest absolute Gasteiger partial charge is 0.407 e. The first kappa shape index (κ1) is 17.7. The van der Waals surface area contributed by atoms with Gasteiger partial charge in [0, 0.05) is 0 Å². The number of alkyl carbamates (subject to hydrolysis) is 1. The van der Waals surface area contributed by atoms with Crippen molar-refractivity contribution in [1.82, 2.24) is 5.32 Å². The molecule has 0 aliphatic carbocycles. The van der Waals surface area contributed by atoms with Gasteiger partial charge in [0.15, 0.2) is 0 Å². The van der Waals surface area contributed by atoms with E-state index in [4.69, 9.17) is 9.47 Å². The summed E-state index contributed by atoms with van der Waals surface area (Å²) in [5.74, 6) is -0.254. The lowest BCUT2D eigenvalue weighted by Crippen LogP contribution is -2.47. The van der Waals surface area contributed by atoms with E-state index in [1.165, 1.54) is 0 Å². The van der Waals surface area contributed by atoms with Crippen molar-refractivity contribution in [2.24, 2.45) is 11.8 Å². The van der Waals surface area contributed by atoms with Crippen LogP contribution in [0.3, 0.4) is 0 Å². The minimum absolute atomic E-state index is 0.0681. The average molecular weight is 273 g/mol. The van der Waals surface area contributed by atoms with Gasteiger partial charge in [0.2, 0.25) is 0 Å². The molecule has 0 radical (unpaired) electrons. The number of rotatable bonds is 5. The lowest BCUT2D eigenvalue weighted by Gasteiger charge is -2.26. The summed E-state index contributed by atoms with van der Waals surface area (Å²) in [6, 6.07) is -0.695. The van der Waals surface area contributed by atoms with Crippen molar-refractivity contribution in [2.75, 3.05) is 6.61 Å². The zero-order valence-electron chi connectivity index (χ0n) is 13.1. The van der Waals surface area contributed by atoms with Gasteiger partial charge in [-0.25, -0.2) is 9.59 Å². The van der Waals surface area contributed by atoms with Crippen molar-refractivity contribution in [3.8, 4) is 0 Å². The van der Waals surface area contributed by atoms with Crippen LogP contribution in [0.4, 0.5) is 4.79 Å². The fourth-order valence-corrected chi connectivity index (χ4v) is 1.27. The van der Waals surface area contributed by atoms with E-state index in [0.29, 0.717) is 6.61 Å². The molecule has 5 heteroatoms. The fourth-order valence-electron chi connectivity index (χ4n) is 1.27. The van der Waals surface area contributed by atoms with Gasteiger partial charge >= 0.3 is 12.1 Å². The van der Waals surface area contributed by atoms with Crippen LogP contribution in [0.2, 0.25) is 0 Å². The number of carbonyl (C=O) groups excluding carboxylic acids is 2. The molecule has 0 aromatic heterocycles. The topological polar surface area (TPSA) is 64.6 Å². The summed E-state index contributed by atoms with van der Waals surface area (Å²) in [5, 5.41) is 2.56. The lowest BCUT2D eigenvalue weighted by molar-refractivity contribution is -0.158. The normalized spacial score (nSPS) is 13.3. The Morgan fingerprint density at radius 1 is 1.11 bits per heavy atom. The third-order valence-corrected chi connectivity index (χ3v) is 2.15. The SMILES string of the molecule is CC(C)COC(=O)N[C@H](C(=O)OC(C)(C)C)C(C)C. The summed E-state index contributed by atoms with van der Waals surface area (Å²) in [6.07, 6.45) is -0.585. The van der Waals surface area contributed by atoms with E-state index in [0.717, 1.165) is 0 Å². The maximum absolute atomic E-state index is 12.0. The van der Waals surface area contributed by atoms with Gasteiger partial charge in [-0.05, 0) is 32.6 Å². The standard InChI is InChI=1S/C14H27NO4/c1-9(2)8-18-13(17)15-11(10(3)4)12(16)19-14(5,6)7/h9-11H,8H2,1-7H3,(H,15,17)/t11-/m0/s1. The lowest BCUT2D eigenvalue weighted by atomic mass is 10.0. The molecular formula is C14H27NO4. The number of ether oxygens (including phenoxy) is 2. The molecule has 0 heterocycles. The van der Waals surface area contributed by atoms with Gasteiger partial charge in [-0.2, -0.15) is 0 Å². The molecule has 5 nitrogen and oxygen atoms in total. The van der Waals surface area contributed by atoms with Crippen LogP contribution in [-0.4, -0.2) is 30.3 Å². The van der Waals surface area contributed by atoms with E-state index >= 15 is 0 Å². The van der Waals surface area contributed by atoms with E-state index in [2.05, 4.69) is 5.32 Å². The van der Waals surface area contributed by atoms with Gasteiger partial charge in [-0.3, -0.25) is 0 Å². The van der Waals surface area contributed by atoms with Gasteiger partial charge in [0.25, 0.3) is 0 Å². The number of hydrogen-bond donors (Lipinski definition) is 1. The molecule has 0 rings (SSSR count). The second-order valence-corrected chi connectivity index (χ2v) is 6.39. The van der Waals surface area contributed by atoms with Gasteiger partial charge in [0.05, 0.1) is 6.61 Å². The predicted molar refractivity (Wildman–Crippen MR) is 73.8 cm³/mol. The molecule has 1 atom stereocenters. The minimum atomic E-state index is -0.695. The molecule has 1 N–H and O–H groups in total. The summed E-state index contributed by atoms with van der Waals surface area (Å²) in [5.41, 5.74) is -0.576. The van der Waals surface area contributed by atoms with Crippen LogP contribution in [0.25, 0.3) is 0 Å². The maximum Gasteiger partial charge on any atom is 0.407 e. The van der Waals surface area contributed by atoms with E-state index in [1.807, 2.05) is 27.7 Å². The minimum Gasteiger partial charge on any atom is -0.458 e. The van der Waals surface area contributed by atoms with Gasteiger partial charge < -0.3 is 14.8 Å². The van der Waals surface area contributed by atoms with Crippen molar-refractivity contribution in [2.45, 2.75) is 60.1 Å². The Morgan fingerprint density at radius 2 is 1.63 bits per heavy atom. The molecular weight excluding hydrogens is 246 g/mol. The molecule has 0 aliphatic rings. The largest absolute Gasteiger partial charge is 0.458 e. The average Bonchev–Trinajstić information content (AvgIpc) is 2.19. The van der Waals surface area contributed by atoms with Crippen molar-refractivity contribution >= 4 is 12.1 Å². The van der Waals surface area contributed by atoms with Gasteiger partial charge in [-0.15, -0.1) is 0 Å². The molecule has 0 unspecified atom stereocenters. The molecule has 1 amide bonds. The zero-order chi connectivity index (χ0) is 15.2. The second-order valence-electron chi connectivity index (χ2n) is 6.39. The molecule has 0 fully saturated rings. The Kier molecular flexibility index (Phi) is 6.87. The third kappa shape index (κ3) is 8.46. The van der Waals surface area contributed by atoms with Crippen LogP contribution in [0.1, 0.15) is 48.5 Å². The highest BCUT2D eigenvalue weighted by molar-refractivity contribution is 5.81. The monoisotopic (exact) mass is 273 g/mol. The van der Waals surface area contributed by atoms with Crippen LogP contribution >= 0.6 is 0 Å². The molecule has 0 saturated carbocycles. The van der Waals surface area contributed by atoms with E-state index in [1.54, 1.807) is 20.8 Å². The number of nitrogens with one attached hydrogen (secondary N) is 1. The first-order valence-electron chi connectivity index (χ1n) is 6.69. The Morgan fingerprint density at radius 3 is 2.00 bits per heavy atom. The summed E-state index contributed by atoms with van der Waals surface area (Å²) in [4.78, 5) is 23.6. The number of hydrogen-bond acceptors (Lipinski definition) is 4. The molecule has 0 saturated heterocycles. The van der Waals surface area contributed by atoms with Crippen LogP contribution in [0.5, 0.6) is 0 Å². The Hall–Kier alpha value is -1.26. The van der Waals surface area contributed by atoms with Crippen molar-refractivity contribution in [1.29, 1.82) is 0 Å².